The molecule has 3 nitrogen and oxygen atoms in total. The van der Waals surface area contributed by atoms with Gasteiger partial charge in [-0.3, -0.25) is 0 Å². The molecule has 2 aromatic carbocycles. The van der Waals surface area contributed by atoms with Crippen molar-refractivity contribution in [1.29, 1.82) is 0 Å². The van der Waals surface area contributed by atoms with Crippen molar-refractivity contribution in [3.8, 4) is 29.0 Å². The molecule has 3 heteroatoms. The summed E-state index contributed by atoms with van der Waals surface area (Å²) >= 11 is 0. The first-order valence-electron chi connectivity index (χ1n) is 9.37. The van der Waals surface area contributed by atoms with Crippen molar-refractivity contribution in [2.24, 2.45) is 0 Å². The zero-order chi connectivity index (χ0) is 20.1. The minimum atomic E-state index is -0.288. The van der Waals surface area contributed by atoms with E-state index in [0.717, 1.165) is 28.1 Å². The highest BCUT2D eigenvalue weighted by Crippen LogP contribution is 2.25. The van der Waals surface area contributed by atoms with Gasteiger partial charge in [0, 0.05) is 42.5 Å². The number of anilines is 1. The molecule has 3 aromatic rings. The average Bonchev–Trinajstić information content (AvgIpc) is 2.66. The summed E-state index contributed by atoms with van der Waals surface area (Å²) in [4.78, 5) is 6.75. The minimum absolute atomic E-state index is 0.288. The van der Waals surface area contributed by atoms with Gasteiger partial charge < -0.3 is 9.64 Å². The molecule has 0 radical (unpaired) electrons. The van der Waals surface area contributed by atoms with Gasteiger partial charge in [-0.1, -0.05) is 36.1 Å². The van der Waals surface area contributed by atoms with Gasteiger partial charge in [-0.05, 0) is 57.2 Å². The predicted octanol–water partition coefficient (Wildman–Crippen LogP) is 5.39. The van der Waals surface area contributed by atoms with E-state index < -0.39 is 0 Å². The lowest BCUT2D eigenvalue weighted by molar-refractivity contribution is 0.124. The molecule has 1 aromatic heterocycles. The van der Waals surface area contributed by atoms with Crippen LogP contribution in [-0.2, 0) is 0 Å². The third kappa shape index (κ3) is 5.14. The number of benzene rings is 2. The van der Waals surface area contributed by atoms with Crippen LogP contribution in [0.3, 0.4) is 0 Å². The van der Waals surface area contributed by atoms with E-state index in [0.29, 0.717) is 5.88 Å². The molecule has 0 amide bonds. The first-order valence-corrected chi connectivity index (χ1v) is 9.37. The fourth-order valence-electron chi connectivity index (χ4n) is 2.73. The van der Waals surface area contributed by atoms with Crippen molar-refractivity contribution in [1.82, 2.24) is 4.98 Å². The predicted molar refractivity (Wildman–Crippen MR) is 117 cm³/mol. The molecular formula is C25H26N2O. The third-order valence-corrected chi connectivity index (χ3v) is 4.06. The van der Waals surface area contributed by atoms with Crippen LogP contribution in [0.25, 0.3) is 11.3 Å². The topological polar surface area (TPSA) is 25.4 Å². The largest absolute Gasteiger partial charge is 0.472 e. The third-order valence-electron chi connectivity index (χ3n) is 4.06. The monoisotopic (exact) mass is 370 g/mol. The van der Waals surface area contributed by atoms with Crippen molar-refractivity contribution >= 4 is 5.69 Å². The number of aromatic nitrogens is 1. The highest BCUT2D eigenvalue weighted by Gasteiger charge is 2.13. The molecule has 0 saturated carbocycles. The smallest absolute Gasteiger partial charge is 0.214 e. The van der Waals surface area contributed by atoms with Crippen LogP contribution in [-0.4, -0.2) is 24.7 Å². The maximum atomic E-state index is 5.91. The number of nitrogens with zero attached hydrogens (tertiary/aromatic N) is 2. The summed E-state index contributed by atoms with van der Waals surface area (Å²) in [5.74, 6) is 7.18. The number of hydrogen-bond acceptors (Lipinski definition) is 3. The number of ether oxygens (including phenoxy) is 1. The Labute approximate surface area is 168 Å². The van der Waals surface area contributed by atoms with E-state index in [1.807, 2.05) is 89.5 Å². The van der Waals surface area contributed by atoms with Crippen LogP contribution < -0.4 is 9.64 Å². The van der Waals surface area contributed by atoms with E-state index in [-0.39, 0.29) is 5.60 Å². The van der Waals surface area contributed by atoms with E-state index in [9.17, 15) is 0 Å². The van der Waals surface area contributed by atoms with Gasteiger partial charge in [0.25, 0.3) is 0 Å². The van der Waals surface area contributed by atoms with Gasteiger partial charge >= 0.3 is 0 Å². The molecule has 0 saturated heterocycles. The zero-order valence-electron chi connectivity index (χ0n) is 17.2. The van der Waals surface area contributed by atoms with E-state index in [4.69, 9.17) is 4.74 Å². The summed E-state index contributed by atoms with van der Waals surface area (Å²) in [7, 11) is 4.06. The second kappa shape index (κ2) is 8.19. The van der Waals surface area contributed by atoms with Gasteiger partial charge in [0.05, 0.1) is 5.69 Å². The van der Waals surface area contributed by atoms with Crippen LogP contribution in [0.15, 0.2) is 66.7 Å². The summed E-state index contributed by atoms with van der Waals surface area (Å²) in [6.45, 7) is 6.05. The van der Waals surface area contributed by atoms with Gasteiger partial charge in [-0.2, -0.15) is 0 Å². The Bertz CT molecular complexity index is 1000. The zero-order valence-corrected chi connectivity index (χ0v) is 17.2. The van der Waals surface area contributed by atoms with Crippen LogP contribution in [0.4, 0.5) is 5.69 Å². The lowest BCUT2D eigenvalue weighted by Gasteiger charge is -2.20. The Balaban J connectivity index is 1.92. The Hall–Kier alpha value is -3.25. The summed E-state index contributed by atoms with van der Waals surface area (Å²) in [5.41, 5.74) is 4.65. The molecule has 0 aliphatic carbocycles. The van der Waals surface area contributed by atoms with E-state index in [2.05, 4.69) is 33.9 Å². The quantitative estimate of drug-likeness (QED) is 0.578. The van der Waals surface area contributed by atoms with Crippen molar-refractivity contribution < 1.29 is 4.74 Å². The Morgan fingerprint density at radius 2 is 1.54 bits per heavy atom. The van der Waals surface area contributed by atoms with Crippen molar-refractivity contribution in [2.45, 2.75) is 26.4 Å². The Morgan fingerprint density at radius 1 is 0.821 bits per heavy atom. The van der Waals surface area contributed by atoms with Gasteiger partial charge in [-0.25, -0.2) is 4.98 Å². The maximum absolute atomic E-state index is 5.91. The van der Waals surface area contributed by atoms with Gasteiger partial charge in [0.2, 0.25) is 5.88 Å². The van der Waals surface area contributed by atoms with Crippen LogP contribution >= 0.6 is 0 Å². The van der Waals surface area contributed by atoms with E-state index in [1.54, 1.807) is 0 Å². The number of hydrogen-bond donors (Lipinski definition) is 0. The van der Waals surface area contributed by atoms with E-state index in [1.165, 1.54) is 0 Å². The molecule has 0 N–H and O–H groups in total. The molecule has 3 rings (SSSR count). The maximum Gasteiger partial charge on any atom is 0.214 e. The number of rotatable bonds is 3. The summed E-state index contributed by atoms with van der Waals surface area (Å²) in [6, 6.07) is 22.1. The van der Waals surface area contributed by atoms with Crippen molar-refractivity contribution in [2.75, 3.05) is 19.0 Å². The molecule has 0 unspecified atom stereocenters. The first-order chi connectivity index (χ1) is 13.3. The molecular weight excluding hydrogens is 344 g/mol. The molecule has 0 aliphatic heterocycles. The second-order valence-corrected chi connectivity index (χ2v) is 7.81. The molecule has 0 atom stereocenters. The first kappa shape index (κ1) is 19.5. The van der Waals surface area contributed by atoms with Crippen LogP contribution in [0, 0.1) is 11.8 Å². The van der Waals surface area contributed by atoms with Crippen LogP contribution in [0.5, 0.6) is 5.88 Å². The average molecular weight is 370 g/mol. The summed E-state index contributed by atoms with van der Waals surface area (Å²) in [5, 5.41) is 0. The normalized spacial score (nSPS) is 10.8. The molecule has 0 aliphatic rings. The van der Waals surface area contributed by atoms with Crippen molar-refractivity contribution in [3.05, 3.63) is 77.9 Å². The minimum Gasteiger partial charge on any atom is -0.472 e. The van der Waals surface area contributed by atoms with Gasteiger partial charge in [-0.15, -0.1) is 0 Å². The number of pyridine rings is 1. The van der Waals surface area contributed by atoms with E-state index >= 15 is 0 Å². The molecule has 0 bridgehead atoms. The Morgan fingerprint density at radius 3 is 2.21 bits per heavy atom. The Kier molecular flexibility index (Phi) is 5.70. The molecule has 0 spiro atoms. The fourth-order valence-corrected chi connectivity index (χ4v) is 2.73. The van der Waals surface area contributed by atoms with Crippen LogP contribution in [0.2, 0.25) is 0 Å². The molecule has 28 heavy (non-hydrogen) atoms. The van der Waals surface area contributed by atoms with Gasteiger partial charge in [0.1, 0.15) is 5.60 Å². The lowest BCUT2D eigenvalue weighted by Crippen LogP contribution is -2.23. The molecule has 1 heterocycles. The fraction of sp³-hybridized carbons (Fsp3) is 0.240. The molecule has 142 valence electrons. The highest BCUT2D eigenvalue weighted by atomic mass is 16.5. The SMILES string of the molecule is CN(C)c1ccc(C#Cc2ccccc2-c2cccc(OC(C)(C)C)n2)cc1. The summed E-state index contributed by atoms with van der Waals surface area (Å²) < 4.78 is 5.91. The standard InChI is InChI=1S/C25H26N2O/c1-25(2,3)28-24-12-8-11-23(26-24)22-10-7-6-9-20(22)16-13-19-14-17-21(18-15-19)27(4)5/h6-12,14-15,17-18H,1-5H3. The second-order valence-electron chi connectivity index (χ2n) is 7.81. The lowest BCUT2D eigenvalue weighted by atomic mass is 10.0. The summed E-state index contributed by atoms with van der Waals surface area (Å²) in [6.07, 6.45) is 0. The van der Waals surface area contributed by atoms with Crippen molar-refractivity contribution in [3.63, 3.8) is 0 Å². The molecule has 0 fully saturated rings. The highest BCUT2D eigenvalue weighted by molar-refractivity contribution is 5.69. The van der Waals surface area contributed by atoms with Crippen LogP contribution in [0.1, 0.15) is 31.9 Å². The van der Waals surface area contributed by atoms with Gasteiger partial charge in [0.15, 0.2) is 0 Å².